The zero-order chi connectivity index (χ0) is 76.9. The number of pyridine rings is 1. The number of imide groups is 1. The number of aliphatic hydroxyl groups excluding tert-OH is 3. The van der Waals surface area contributed by atoms with E-state index in [4.69, 9.17) is 48.0 Å². The molecule has 4 saturated carbocycles. The molecule has 2 unspecified atom stereocenters. The molecular weight excluding hydrogens is 1440 g/mol. The zero-order valence-electron chi connectivity index (χ0n) is 60.7. The van der Waals surface area contributed by atoms with E-state index in [1.54, 1.807) is 37.6 Å². The number of anilines is 2. The number of hydrogen-bond donors (Lipinski definition) is 9. The molecule has 582 valence electrons. The van der Waals surface area contributed by atoms with Crippen LogP contribution in [0.2, 0.25) is 0 Å². The summed E-state index contributed by atoms with van der Waals surface area (Å²) < 4.78 is 83.3. The van der Waals surface area contributed by atoms with Gasteiger partial charge in [-0.15, -0.1) is 0 Å². The van der Waals surface area contributed by atoms with E-state index in [0.717, 1.165) is 64.0 Å². The van der Waals surface area contributed by atoms with Crippen LogP contribution in [0.5, 0.6) is 17.2 Å². The van der Waals surface area contributed by atoms with Crippen molar-refractivity contribution in [2.24, 2.45) is 16.2 Å². The van der Waals surface area contributed by atoms with E-state index in [1.165, 1.54) is 47.6 Å². The highest BCUT2D eigenvalue weighted by Gasteiger charge is 2.66. The van der Waals surface area contributed by atoms with Crippen LogP contribution in [0.4, 0.5) is 15.7 Å². The summed E-state index contributed by atoms with van der Waals surface area (Å²) in [5.74, 6) is -3.44. The fraction of sp³-hybridized carbons (Fsp3) is 0.527. The van der Waals surface area contributed by atoms with Crippen LogP contribution in [0, 0.1) is 23.2 Å². The largest absolute Gasteiger partial charge is 0.496 e. The van der Waals surface area contributed by atoms with Crippen molar-refractivity contribution in [2.45, 2.75) is 134 Å². The lowest BCUT2D eigenvalue weighted by molar-refractivity contribution is -0.271. The summed E-state index contributed by atoms with van der Waals surface area (Å²) in [5, 5.41) is 67.2. The van der Waals surface area contributed by atoms with Crippen LogP contribution >= 0.6 is 11.3 Å². The van der Waals surface area contributed by atoms with Gasteiger partial charge in [0.15, 0.2) is 16.9 Å². The Morgan fingerprint density at radius 2 is 1.58 bits per heavy atom. The van der Waals surface area contributed by atoms with Crippen LogP contribution in [0.3, 0.4) is 0 Å². The molecule has 3 aromatic carbocycles. The van der Waals surface area contributed by atoms with Gasteiger partial charge in [-0.1, -0.05) is 37.3 Å². The Kier molecular flexibility index (Phi) is 24.2. The lowest BCUT2D eigenvalue weighted by Gasteiger charge is -2.69. The summed E-state index contributed by atoms with van der Waals surface area (Å²) in [7, 11) is -1.26. The van der Waals surface area contributed by atoms with Crippen molar-refractivity contribution in [1.82, 2.24) is 40.2 Å². The number of hydrogen-bond acceptors (Lipinski definition) is 26. The Labute approximate surface area is 627 Å². The second-order valence-electron chi connectivity index (χ2n) is 29.5. The van der Waals surface area contributed by atoms with Crippen molar-refractivity contribution in [3.05, 3.63) is 119 Å². The minimum atomic E-state index is -4.36. The first-order valence-corrected chi connectivity index (χ1v) is 38.3. The number of benzene rings is 3. The van der Waals surface area contributed by atoms with Gasteiger partial charge >= 0.3 is 18.0 Å². The first-order valence-electron chi connectivity index (χ1n) is 35.8. The van der Waals surface area contributed by atoms with Gasteiger partial charge in [0.1, 0.15) is 54.6 Å². The van der Waals surface area contributed by atoms with E-state index >= 15 is 0 Å². The zero-order valence-corrected chi connectivity index (χ0v) is 62.3. The summed E-state index contributed by atoms with van der Waals surface area (Å²) in [5.41, 5.74) is 3.76. The summed E-state index contributed by atoms with van der Waals surface area (Å²) in [6, 6.07) is 18.5. The van der Waals surface area contributed by atoms with E-state index in [1.807, 2.05) is 46.8 Å². The summed E-state index contributed by atoms with van der Waals surface area (Å²) in [6.45, 7) is 8.94. The first-order chi connectivity index (χ1) is 51.6. The number of aromatic carboxylic acids is 1. The predicted octanol–water partition coefficient (Wildman–Crippen LogP) is 5.22. The number of carbonyl (C=O) groups is 6. The van der Waals surface area contributed by atoms with E-state index in [0.29, 0.717) is 65.7 Å². The number of aliphatic carboxylic acids is 1. The molecule has 4 aliphatic carbocycles. The molecule has 6 heterocycles. The van der Waals surface area contributed by atoms with Crippen LogP contribution in [0.1, 0.15) is 102 Å². The standard InChI is InChI=1S/C74H92N10O22S2/c1-44-51(49-14-16-57(79-60(49)66(91)92)82-23-19-48-52(34-82)50(13-15-54(48)100-5)65(90)80-69-78-53-9-6-7-10-56(53)107-69)33-77-84(44)43-73-38-71(2)37-72(3,39-73)41-74(40-71,42-73)104-28-25-81(24-27-99-4)70(95)103-35-45-11-12-47(31-55(45)105-68-63(89)61(87)62(88)64(106-68)67(93)94)102-30-29-101-26-21-75-32-46(36-108(96,97)98)76-20-8-22-83-58(85)17-18-59(83)86/h6-7,9-18,31,33,46,61-64,68,75-76,87-89H,8,19-30,32,34-43H2,1-5H3,(H,91,92)(H,93,94)(H,78,80,90)(H,96,97,98)/t46-,61+,62+,63-,64+,68-,71?,72?,73?,74?/m1/s1. The smallest absolute Gasteiger partial charge is 0.410 e. The number of para-hydroxylation sites is 1. The number of nitrogens with one attached hydrogen (secondary N) is 3. The van der Waals surface area contributed by atoms with Gasteiger partial charge in [0.25, 0.3) is 27.8 Å². The Bertz CT molecular complexity index is 4410. The number of fused-ring (bicyclic) bond motifs is 2. The molecule has 1 saturated heterocycles. The van der Waals surface area contributed by atoms with Gasteiger partial charge in [0.05, 0.1) is 61.3 Å². The maximum Gasteiger partial charge on any atom is 0.410 e. The van der Waals surface area contributed by atoms with Crippen molar-refractivity contribution < 1.29 is 105 Å². The number of aromatic nitrogens is 4. The molecule has 108 heavy (non-hydrogen) atoms. The second kappa shape index (κ2) is 33.2. The number of carboxylic acids is 2. The molecule has 7 aliphatic rings. The number of carboxylic acid groups (broad SMARTS) is 2. The normalized spacial score (nSPS) is 24.6. The molecule has 6 aromatic rings. The molecule has 4 bridgehead atoms. The van der Waals surface area contributed by atoms with Gasteiger partial charge in [0, 0.05) is 117 Å². The number of thiazole rings is 1. The Hall–Kier alpha value is -8.78. The minimum absolute atomic E-state index is 0.0177. The highest BCUT2D eigenvalue weighted by molar-refractivity contribution is 7.85. The van der Waals surface area contributed by atoms with Crippen LogP contribution in [-0.4, -0.2) is 245 Å². The molecule has 5 fully saturated rings. The number of ether oxygens (including phenoxy) is 8. The number of rotatable bonds is 36. The Balaban J connectivity index is 0.672. The lowest BCUT2D eigenvalue weighted by Crippen LogP contribution is -2.64. The maximum absolute atomic E-state index is 14.3. The molecule has 32 nitrogen and oxygen atoms in total. The molecule has 13 rings (SSSR count). The summed E-state index contributed by atoms with van der Waals surface area (Å²) in [4.78, 5) is 91.3. The molecule has 4 amide bonds. The fourth-order valence-corrected chi connectivity index (χ4v) is 18.9. The average molecular weight is 1540 g/mol. The van der Waals surface area contributed by atoms with Crippen LogP contribution < -0.4 is 35.1 Å². The van der Waals surface area contributed by atoms with Gasteiger partial charge in [-0.05, 0) is 135 Å². The molecule has 0 radical (unpaired) electrons. The van der Waals surface area contributed by atoms with Gasteiger partial charge in [-0.2, -0.15) is 13.5 Å². The molecule has 0 spiro atoms. The van der Waals surface area contributed by atoms with Crippen LogP contribution in [0.15, 0.2) is 85.1 Å². The molecule has 8 atom stereocenters. The van der Waals surface area contributed by atoms with Crippen molar-refractivity contribution in [1.29, 1.82) is 0 Å². The fourth-order valence-electron chi connectivity index (χ4n) is 17.3. The van der Waals surface area contributed by atoms with E-state index in [-0.39, 0.29) is 124 Å². The number of aliphatic hydroxyl groups is 3. The van der Waals surface area contributed by atoms with Crippen molar-refractivity contribution in [2.75, 3.05) is 109 Å². The van der Waals surface area contributed by atoms with Gasteiger partial charge in [-0.3, -0.25) is 33.8 Å². The quantitative estimate of drug-likeness (QED) is 0.0138. The summed E-state index contributed by atoms with van der Waals surface area (Å²) in [6.07, 6.45) is -0.438. The number of amides is 4. The topological polar surface area (TPSA) is 421 Å². The van der Waals surface area contributed by atoms with Gasteiger partial charge < -0.3 is 83.9 Å². The van der Waals surface area contributed by atoms with Crippen LogP contribution in [-0.2, 0) is 74.3 Å². The second-order valence-corrected chi connectivity index (χ2v) is 32.0. The van der Waals surface area contributed by atoms with Crippen molar-refractivity contribution in [3.63, 3.8) is 0 Å². The van der Waals surface area contributed by atoms with Crippen LogP contribution in [0.25, 0.3) is 21.3 Å². The molecule has 3 aliphatic heterocycles. The SMILES string of the molecule is COCCN(CCOC12CC3(C)CC(C)(CC(Cn4ncc(-c5ccc(N6CCc7c(OC)ccc(C(=O)Nc8nc9ccccc9s8)c7C6)nc5C(=O)O)c4C)(C3)C1)C2)C(=O)OCc1ccc(OCCOCCNC[C@H](CS(=O)(=O)O)NCCCN2C(=O)C=CC2=O)cc1O[C@@H]1O[C@H](C(=O)O)[C@@H](O)[C@H](O)[C@H]1O. The van der Waals surface area contributed by atoms with Crippen molar-refractivity contribution >= 4 is 78.4 Å². The monoisotopic (exact) mass is 1540 g/mol. The Morgan fingerprint density at radius 3 is 2.31 bits per heavy atom. The van der Waals surface area contributed by atoms with Gasteiger partial charge in [-0.25, -0.2) is 24.4 Å². The summed E-state index contributed by atoms with van der Waals surface area (Å²) >= 11 is 1.38. The third-order valence-corrected chi connectivity index (χ3v) is 22.7. The minimum Gasteiger partial charge on any atom is -0.496 e. The van der Waals surface area contributed by atoms with Crippen molar-refractivity contribution in [3.8, 4) is 28.4 Å². The van der Waals surface area contributed by atoms with E-state index in [9.17, 15) is 67.3 Å². The highest BCUT2D eigenvalue weighted by Crippen LogP contribution is 2.72. The highest BCUT2D eigenvalue weighted by atomic mass is 32.2. The van der Waals surface area contributed by atoms with E-state index in [2.05, 4.69) is 34.8 Å². The molecule has 3 aromatic heterocycles. The number of carbonyl (C=O) groups excluding carboxylic acids is 4. The Morgan fingerprint density at radius 1 is 0.824 bits per heavy atom. The average Bonchev–Trinajstić information content (AvgIpc) is 0.785. The number of nitrogens with zero attached hydrogens (tertiary/aromatic N) is 7. The third-order valence-electron chi connectivity index (χ3n) is 20.9. The first kappa shape index (κ1) is 78.8. The van der Waals surface area contributed by atoms with Gasteiger partial charge in [0.2, 0.25) is 6.29 Å². The van der Waals surface area contributed by atoms with E-state index < -0.39 is 94.7 Å². The number of methoxy groups -OCH3 is 2. The predicted molar refractivity (Wildman–Crippen MR) is 390 cm³/mol. The molecule has 9 N–H and O–H groups in total. The maximum atomic E-state index is 14.3. The molecule has 34 heteroatoms. The molecular formula is C74H92N10O22S2. The third kappa shape index (κ3) is 18.2. The lowest BCUT2D eigenvalue weighted by atomic mass is 9.39.